The van der Waals surface area contributed by atoms with Crippen LogP contribution in [0.1, 0.15) is 12.0 Å². The number of carbonyl (C=O) groups excluding carboxylic acids is 1. The molecule has 3 aromatic carbocycles. The summed E-state index contributed by atoms with van der Waals surface area (Å²) < 4.78 is 7.07. The SMILES string of the molecule is COc1cc(/C=N/NC(=O)CCn2cnc(-c3ccccc3)c2-c2ccccc2)ccc1O. The second-order valence-corrected chi connectivity index (χ2v) is 7.34. The number of rotatable bonds is 8. The molecular weight excluding hydrogens is 416 g/mol. The van der Waals surface area contributed by atoms with Gasteiger partial charge in [-0.3, -0.25) is 4.79 Å². The average molecular weight is 441 g/mol. The number of phenolic OH excluding ortho intramolecular Hbond substituents is 1. The van der Waals surface area contributed by atoms with Crippen LogP contribution in [0.15, 0.2) is 90.3 Å². The summed E-state index contributed by atoms with van der Waals surface area (Å²) in [6.45, 7) is 0.457. The van der Waals surface area contributed by atoms with Crippen LogP contribution in [0.5, 0.6) is 11.5 Å². The van der Waals surface area contributed by atoms with Gasteiger partial charge in [-0.1, -0.05) is 60.7 Å². The Labute approximate surface area is 192 Å². The highest BCUT2D eigenvalue weighted by atomic mass is 16.5. The minimum atomic E-state index is -0.217. The first-order chi connectivity index (χ1) is 16.2. The van der Waals surface area contributed by atoms with Gasteiger partial charge in [0.2, 0.25) is 5.91 Å². The lowest BCUT2D eigenvalue weighted by Crippen LogP contribution is -2.19. The summed E-state index contributed by atoms with van der Waals surface area (Å²) in [5.41, 5.74) is 7.14. The van der Waals surface area contributed by atoms with Gasteiger partial charge >= 0.3 is 0 Å². The summed E-state index contributed by atoms with van der Waals surface area (Å²) in [6.07, 6.45) is 3.50. The number of nitrogens with one attached hydrogen (secondary N) is 1. The van der Waals surface area contributed by atoms with E-state index in [2.05, 4.69) is 15.5 Å². The number of hydrazone groups is 1. The maximum atomic E-state index is 12.4. The number of ether oxygens (including phenoxy) is 1. The van der Waals surface area contributed by atoms with Crippen LogP contribution in [0.25, 0.3) is 22.5 Å². The molecule has 0 aliphatic heterocycles. The zero-order valence-corrected chi connectivity index (χ0v) is 18.2. The maximum absolute atomic E-state index is 12.4. The molecule has 33 heavy (non-hydrogen) atoms. The summed E-state index contributed by atoms with van der Waals surface area (Å²) in [7, 11) is 1.47. The zero-order chi connectivity index (χ0) is 23.0. The van der Waals surface area contributed by atoms with E-state index >= 15 is 0 Å². The fourth-order valence-electron chi connectivity index (χ4n) is 3.49. The Balaban J connectivity index is 1.46. The molecule has 4 rings (SSSR count). The van der Waals surface area contributed by atoms with Gasteiger partial charge in [-0.15, -0.1) is 0 Å². The number of hydrogen-bond donors (Lipinski definition) is 2. The van der Waals surface area contributed by atoms with E-state index in [1.807, 2.05) is 65.2 Å². The van der Waals surface area contributed by atoms with Crippen LogP contribution in [0.3, 0.4) is 0 Å². The molecule has 0 radical (unpaired) electrons. The Hall–Kier alpha value is -4.39. The van der Waals surface area contributed by atoms with Crippen molar-refractivity contribution in [3.8, 4) is 34.0 Å². The van der Waals surface area contributed by atoms with Gasteiger partial charge in [0.15, 0.2) is 11.5 Å². The Morgan fingerprint density at radius 1 is 1.06 bits per heavy atom. The highest BCUT2D eigenvalue weighted by Crippen LogP contribution is 2.31. The van der Waals surface area contributed by atoms with Gasteiger partial charge in [-0.2, -0.15) is 5.10 Å². The van der Waals surface area contributed by atoms with E-state index in [0.717, 1.165) is 22.5 Å². The number of aromatic hydroxyl groups is 1. The van der Waals surface area contributed by atoms with Crippen LogP contribution in [-0.2, 0) is 11.3 Å². The molecule has 0 aliphatic rings. The first-order valence-electron chi connectivity index (χ1n) is 10.5. The minimum absolute atomic E-state index is 0.0445. The highest BCUT2D eigenvalue weighted by molar-refractivity contribution is 5.83. The zero-order valence-electron chi connectivity index (χ0n) is 18.2. The molecule has 0 aliphatic carbocycles. The molecule has 7 nitrogen and oxygen atoms in total. The molecule has 0 saturated heterocycles. The predicted octanol–water partition coefficient (Wildman–Crippen LogP) is 4.47. The molecule has 0 spiro atoms. The number of hydrogen-bond acceptors (Lipinski definition) is 5. The number of benzene rings is 3. The van der Waals surface area contributed by atoms with E-state index < -0.39 is 0 Å². The van der Waals surface area contributed by atoms with Gasteiger partial charge < -0.3 is 14.4 Å². The fraction of sp³-hybridized carbons (Fsp3) is 0.115. The summed E-state index contributed by atoms with van der Waals surface area (Å²) in [5, 5.41) is 13.7. The van der Waals surface area contributed by atoms with Crippen molar-refractivity contribution in [2.24, 2.45) is 5.10 Å². The van der Waals surface area contributed by atoms with Gasteiger partial charge in [0.05, 0.1) is 31.0 Å². The fourth-order valence-corrected chi connectivity index (χ4v) is 3.49. The number of amides is 1. The summed E-state index contributed by atoms with van der Waals surface area (Å²) in [4.78, 5) is 17.0. The molecular formula is C26H24N4O3. The molecule has 1 amide bonds. The van der Waals surface area contributed by atoms with Gasteiger partial charge in [0, 0.05) is 24.1 Å². The number of methoxy groups -OCH3 is 1. The molecule has 0 unspecified atom stereocenters. The standard InChI is InChI=1S/C26H24N4O3/c1-33-23-16-19(12-13-22(23)31)17-28-29-24(32)14-15-30-18-27-25(20-8-4-2-5-9-20)26(30)21-10-6-3-7-11-21/h2-13,16-18,31H,14-15H2,1H3,(H,29,32)/b28-17+. The molecule has 166 valence electrons. The van der Waals surface area contributed by atoms with Crippen LogP contribution < -0.4 is 10.2 Å². The lowest BCUT2D eigenvalue weighted by molar-refractivity contribution is -0.121. The Morgan fingerprint density at radius 3 is 2.45 bits per heavy atom. The number of phenols is 1. The second-order valence-electron chi connectivity index (χ2n) is 7.34. The average Bonchev–Trinajstić information content (AvgIpc) is 3.29. The summed E-state index contributed by atoms with van der Waals surface area (Å²) in [5.74, 6) is 0.169. The molecule has 7 heteroatoms. The van der Waals surface area contributed by atoms with Crippen molar-refractivity contribution in [3.05, 3.63) is 90.8 Å². The molecule has 0 saturated carbocycles. The number of carbonyl (C=O) groups is 1. The van der Waals surface area contributed by atoms with Crippen LogP contribution in [0, 0.1) is 0 Å². The molecule has 0 atom stereocenters. The van der Waals surface area contributed by atoms with Crippen LogP contribution in [0.2, 0.25) is 0 Å². The molecule has 1 aromatic heterocycles. The van der Waals surface area contributed by atoms with Crippen molar-refractivity contribution in [1.82, 2.24) is 15.0 Å². The van der Waals surface area contributed by atoms with E-state index in [1.54, 1.807) is 18.5 Å². The van der Waals surface area contributed by atoms with E-state index in [-0.39, 0.29) is 18.1 Å². The van der Waals surface area contributed by atoms with Crippen LogP contribution in [0.4, 0.5) is 0 Å². The van der Waals surface area contributed by atoms with E-state index in [9.17, 15) is 9.90 Å². The normalized spacial score (nSPS) is 10.9. The van der Waals surface area contributed by atoms with Crippen molar-refractivity contribution in [2.75, 3.05) is 7.11 Å². The van der Waals surface area contributed by atoms with Gasteiger partial charge in [0.1, 0.15) is 0 Å². The van der Waals surface area contributed by atoms with E-state index in [0.29, 0.717) is 17.9 Å². The quantitative estimate of drug-likeness (QED) is 0.313. The van der Waals surface area contributed by atoms with Crippen LogP contribution in [-0.4, -0.2) is 33.9 Å². The third-order valence-electron chi connectivity index (χ3n) is 5.12. The van der Waals surface area contributed by atoms with Crippen molar-refractivity contribution >= 4 is 12.1 Å². The van der Waals surface area contributed by atoms with Crippen molar-refractivity contribution in [2.45, 2.75) is 13.0 Å². The van der Waals surface area contributed by atoms with Crippen molar-refractivity contribution in [3.63, 3.8) is 0 Å². The number of nitrogens with zero attached hydrogens (tertiary/aromatic N) is 3. The monoisotopic (exact) mass is 440 g/mol. The molecule has 1 heterocycles. The second kappa shape index (κ2) is 10.3. The Bertz CT molecular complexity index is 1250. The smallest absolute Gasteiger partial charge is 0.241 e. The van der Waals surface area contributed by atoms with Gasteiger partial charge in [-0.25, -0.2) is 10.4 Å². The third kappa shape index (κ3) is 5.27. The molecule has 0 fully saturated rings. The van der Waals surface area contributed by atoms with Crippen molar-refractivity contribution in [1.29, 1.82) is 0 Å². The number of aromatic nitrogens is 2. The Kier molecular flexibility index (Phi) is 6.80. The number of imidazole rings is 1. The Morgan fingerprint density at radius 2 is 1.76 bits per heavy atom. The van der Waals surface area contributed by atoms with Crippen molar-refractivity contribution < 1.29 is 14.6 Å². The lowest BCUT2D eigenvalue weighted by Gasteiger charge is -2.10. The first kappa shape index (κ1) is 21.8. The third-order valence-corrected chi connectivity index (χ3v) is 5.12. The summed E-state index contributed by atoms with van der Waals surface area (Å²) >= 11 is 0. The number of aryl methyl sites for hydroxylation is 1. The minimum Gasteiger partial charge on any atom is -0.504 e. The predicted molar refractivity (Wildman–Crippen MR) is 128 cm³/mol. The maximum Gasteiger partial charge on any atom is 0.241 e. The highest BCUT2D eigenvalue weighted by Gasteiger charge is 2.15. The topological polar surface area (TPSA) is 88.7 Å². The van der Waals surface area contributed by atoms with E-state index in [1.165, 1.54) is 19.4 Å². The van der Waals surface area contributed by atoms with Gasteiger partial charge in [-0.05, 0) is 23.8 Å². The van der Waals surface area contributed by atoms with E-state index in [4.69, 9.17) is 4.74 Å². The molecule has 0 bridgehead atoms. The summed E-state index contributed by atoms with van der Waals surface area (Å²) in [6, 6.07) is 24.8. The van der Waals surface area contributed by atoms with Crippen LogP contribution >= 0.6 is 0 Å². The van der Waals surface area contributed by atoms with Gasteiger partial charge in [0.25, 0.3) is 0 Å². The first-order valence-corrected chi connectivity index (χ1v) is 10.5. The lowest BCUT2D eigenvalue weighted by atomic mass is 10.0. The largest absolute Gasteiger partial charge is 0.504 e. The molecule has 2 N–H and O–H groups in total. The molecule has 4 aromatic rings.